The average Bonchev–Trinajstić information content (AvgIpc) is 2.88. The number of carbonyl (C=O) groups is 1. The number of aromatic nitrogens is 2. The van der Waals surface area contributed by atoms with Crippen LogP contribution in [0.25, 0.3) is 11.0 Å². The maximum absolute atomic E-state index is 12.3. The lowest BCUT2D eigenvalue weighted by atomic mass is 10.1. The van der Waals surface area contributed by atoms with Gasteiger partial charge in [-0.3, -0.25) is 14.9 Å². The van der Waals surface area contributed by atoms with Crippen molar-refractivity contribution in [1.29, 1.82) is 0 Å². The Balaban J connectivity index is 1.82. The SMILES string of the molecule is Cc1ccc2c(c1)nc(CNC(=O)c1cc([N+](=O)[O-])ccc1N)n2C. The van der Waals surface area contributed by atoms with Crippen LogP contribution in [-0.4, -0.2) is 20.4 Å². The van der Waals surface area contributed by atoms with Gasteiger partial charge in [-0.05, 0) is 30.7 Å². The van der Waals surface area contributed by atoms with Gasteiger partial charge in [0.1, 0.15) is 5.82 Å². The number of benzene rings is 2. The molecule has 0 fully saturated rings. The highest BCUT2D eigenvalue weighted by molar-refractivity contribution is 5.99. The van der Waals surface area contributed by atoms with Crippen LogP contribution < -0.4 is 11.1 Å². The van der Waals surface area contributed by atoms with Crippen molar-refractivity contribution >= 4 is 28.3 Å². The lowest BCUT2D eigenvalue weighted by Gasteiger charge is -2.07. The number of hydrogen-bond acceptors (Lipinski definition) is 5. The molecule has 0 unspecified atom stereocenters. The highest BCUT2D eigenvalue weighted by Gasteiger charge is 2.16. The van der Waals surface area contributed by atoms with Gasteiger partial charge in [0.25, 0.3) is 11.6 Å². The van der Waals surface area contributed by atoms with Crippen LogP contribution in [0.15, 0.2) is 36.4 Å². The van der Waals surface area contributed by atoms with E-state index in [2.05, 4.69) is 10.3 Å². The lowest BCUT2D eigenvalue weighted by molar-refractivity contribution is -0.384. The third-order valence-electron chi connectivity index (χ3n) is 4.03. The van der Waals surface area contributed by atoms with Crippen LogP contribution in [0, 0.1) is 17.0 Å². The van der Waals surface area contributed by atoms with Crippen LogP contribution in [0.1, 0.15) is 21.7 Å². The molecule has 8 nitrogen and oxygen atoms in total. The average molecular weight is 339 g/mol. The fourth-order valence-electron chi connectivity index (χ4n) is 2.63. The Morgan fingerprint density at radius 3 is 2.80 bits per heavy atom. The molecule has 0 bridgehead atoms. The quantitative estimate of drug-likeness (QED) is 0.430. The largest absolute Gasteiger partial charge is 0.398 e. The van der Waals surface area contributed by atoms with E-state index in [4.69, 9.17) is 5.73 Å². The van der Waals surface area contributed by atoms with Crippen molar-refractivity contribution in [3.05, 3.63) is 63.5 Å². The van der Waals surface area contributed by atoms with Gasteiger partial charge in [-0.1, -0.05) is 6.07 Å². The number of nitrogens with two attached hydrogens (primary N) is 1. The molecule has 0 aliphatic carbocycles. The molecule has 0 saturated heterocycles. The lowest BCUT2D eigenvalue weighted by Crippen LogP contribution is -2.25. The second-order valence-electron chi connectivity index (χ2n) is 5.79. The molecular formula is C17H17N5O3. The maximum atomic E-state index is 12.3. The van der Waals surface area contributed by atoms with Gasteiger partial charge in [0, 0.05) is 24.9 Å². The third-order valence-corrected chi connectivity index (χ3v) is 4.03. The van der Waals surface area contributed by atoms with Crippen LogP contribution in [-0.2, 0) is 13.6 Å². The van der Waals surface area contributed by atoms with E-state index >= 15 is 0 Å². The number of amides is 1. The monoisotopic (exact) mass is 339 g/mol. The number of anilines is 1. The van der Waals surface area contributed by atoms with E-state index in [9.17, 15) is 14.9 Å². The highest BCUT2D eigenvalue weighted by atomic mass is 16.6. The first-order chi connectivity index (χ1) is 11.9. The summed E-state index contributed by atoms with van der Waals surface area (Å²) in [6, 6.07) is 9.73. The highest BCUT2D eigenvalue weighted by Crippen LogP contribution is 2.20. The summed E-state index contributed by atoms with van der Waals surface area (Å²) in [7, 11) is 1.87. The zero-order valence-electron chi connectivity index (χ0n) is 13.8. The van der Waals surface area contributed by atoms with Gasteiger partial charge in [0.05, 0.1) is 28.1 Å². The molecule has 0 aliphatic rings. The number of fused-ring (bicyclic) bond motifs is 1. The number of hydrogen-bond donors (Lipinski definition) is 2. The fourth-order valence-corrected chi connectivity index (χ4v) is 2.63. The van der Waals surface area contributed by atoms with Crippen molar-refractivity contribution in [1.82, 2.24) is 14.9 Å². The number of nitrogens with zero attached hydrogens (tertiary/aromatic N) is 3. The molecule has 3 N–H and O–H groups in total. The molecule has 3 rings (SSSR count). The molecule has 0 aliphatic heterocycles. The molecule has 2 aromatic carbocycles. The summed E-state index contributed by atoms with van der Waals surface area (Å²) in [6.07, 6.45) is 0. The summed E-state index contributed by atoms with van der Waals surface area (Å²) in [6.45, 7) is 2.17. The summed E-state index contributed by atoms with van der Waals surface area (Å²) in [4.78, 5) is 27.2. The molecule has 128 valence electrons. The van der Waals surface area contributed by atoms with E-state index in [1.54, 1.807) is 0 Å². The molecular weight excluding hydrogens is 322 g/mol. The van der Waals surface area contributed by atoms with Crippen molar-refractivity contribution < 1.29 is 9.72 Å². The zero-order valence-corrected chi connectivity index (χ0v) is 13.8. The van der Waals surface area contributed by atoms with E-state index in [1.807, 2.05) is 36.7 Å². The number of nitrogens with one attached hydrogen (secondary N) is 1. The second kappa shape index (κ2) is 6.23. The van der Waals surface area contributed by atoms with Gasteiger partial charge in [0.15, 0.2) is 0 Å². The number of rotatable bonds is 4. The third kappa shape index (κ3) is 3.14. The van der Waals surface area contributed by atoms with E-state index in [-0.39, 0.29) is 23.5 Å². The first-order valence-corrected chi connectivity index (χ1v) is 7.61. The van der Waals surface area contributed by atoms with E-state index in [1.165, 1.54) is 18.2 Å². The number of aryl methyl sites for hydroxylation is 2. The van der Waals surface area contributed by atoms with Crippen LogP contribution in [0.3, 0.4) is 0 Å². The Morgan fingerprint density at radius 2 is 2.08 bits per heavy atom. The van der Waals surface area contributed by atoms with Crippen LogP contribution >= 0.6 is 0 Å². The number of non-ortho nitro benzene ring substituents is 1. The molecule has 0 atom stereocenters. The predicted octanol–water partition coefficient (Wildman–Crippen LogP) is 2.30. The van der Waals surface area contributed by atoms with Crippen molar-refractivity contribution in [2.24, 2.45) is 7.05 Å². The molecule has 8 heteroatoms. The Kier molecular flexibility index (Phi) is 4.10. The Morgan fingerprint density at radius 1 is 1.32 bits per heavy atom. The smallest absolute Gasteiger partial charge is 0.270 e. The van der Waals surface area contributed by atoms with Crippen LogP contribution in [0.5, 0.6) is 0 Å². The summed E-state index contributed by atoms with van der Waals surface area (Å²) < 4.78 is 1.89. The van der Waals surface area contributed by atoms with Gasteiger partial charge < -0.3 is 15.6 Å². The Bertz CT molecular complexity index is 993. The molecule has 0 spiro atoms. The van der Waals surface area contributed by atoms with Crippen molar-refractivity contribution in [2.45, 2.75) is 13.5 Å². The number of imidazole rings is 1. The number of nitro benzene ring substituents is 1. The van der Waals surface area contributed by atoms with Gasteiger partial charge in [-0.15, -0.1) is 0 Å². The van der Waals surface area contributed by atoms with Crippen molar-refractivity contribution in [3.8, 4) is 0 Å². The predicted molar refractivity (Wildman–Crippen MR) is 94.1 cm³/mol. The summed E-state index contributed by atoms with van der Waals surface area (Å²) in [5.41, 5.74) is 8.75. The topological polar surface area (TPSA) is 116 Å². The summed E-state index contributed by atoms with van der Waals surface area (Å²) in [5.74, 6) is 0.197. The van der Waals surface area contributed by atoms with Gasteiger partial charge in [-0.2, -0.15) is 0 Å². The van der Waals surface area contributed by atoms with Gasteiger partial charge in [-0.25, -0.2) is 4.98 Å². The second-order valence-corrected chi connectivity index (χ2v) is 5.79. The molecule has 0 radical (unpaired) electrons. The van der Waals surface area contributed by atoms with Crippen molar-refractivity contribution in [2.75, 3.05) is 5.73 Å². The van der Waals surface area contributed by atoms with Crippen molar-refractivity contribution in [3.63, 3.8) is 0 Å². The standard InChI is InChI=1S/C17H17N5O3/c1-10-3-6-15-14(7-10)20-16(21(15)2)9-19-17(23)12-8-11(22(24)25)4-5-13(12)18/h3-8H,9,18H2,1-2H3,(H,19,23). The molecule has 1 amide bonds. The number of nitrogen functional groups attached to an aromatic ring is 1. The summed E-state index contributed by atoms with van der Waals surface area (Å²) in [5, 5.41) is 13.6. The maximum Gasteiger partial charge on any atom is 0.270 e. The molecule has 0 saturated carbocycles. The van der Waals surface area contributed by atoms with E-state index < -0.39 is 10.8 Å². The first kappa shape index (κ1) is 16.4. The molecule has 3 aromatic rings. The van der Waals surface area contributed by atoms with Gasteiger partial charge >= 0.3 is 0 Å². The Hall–Kier alpha value is -3.42. The molecule has 1 heterocycles. The minimum atomic E-state index is -0.565. The van der Waals surface area contributed by atoms with E-state index in [0.717, 1.165) is 16.6 Å². The minimum Gasteiger partial charge on any atom is -0.398 e. The van der Waals surface area contributed by atoms with Crippen LogP contribution in [0.2, 0.25) is 0 Å². The number of nitro groups is 1. The van der Waals surface area contributed by atoms with E-state index in [0.29, 0.717) is 5.82 Å². The minimum absolute atomic E-state index is 0.0730. The molecule has 25 heavy (non-hydrogen) atoms. The Labute approximate surface area is 143 Å². The van der Waals surface area contributed by atoms with Crippen LogP contribution in [0.4, 0.5) is 11.4 Å². The van der Waals surface area contributed by atoms with Gasteiger partial charge in [0.2, 0.25) is 0 Å². The molecule has 1 aromatic heterocycles. The summed E-state index contributed by atoms with van der Waals surface area (Å²) >= 11 is 0. The zero-order chi connectivity index (χ0) is 18.1. The number of carbonyl (C=O) groups excluding carboxylic acids is 1. The first-order valence-electron chi connectivity index (χ1n) is 7.61. The normalized spacial score (nSPS) is 10.8. The fraction of sp³-hybridized carbons (Fsp3) is 0.176.